The molecule has 21 heavy (non-hydrogen) atoms. The highest BCUT2D eigenvalue weighted by Crippen LogP contribution is 2.37. The van der Waals surface area contributed by atoms with Crippen LogP contribution < -0.4 is 10.1 Å². The van der Waals surface area contributed by atoms with Crippen LogP contribution in [0.1, 0.15) is 29.2 Å². The van der Waals surface area contributed by atoms with Crippen molar-refractivity contribution in [3.63, 3.8) is 0 Å². The maximum atomic E-state index is 8.99. The summed E-state index contributed by atoms with van der Waals surface area (Å²) in [5.74, 6) is 1.08. The summed E-state index contributed by atoms with van der Waals surface area (Å²) < 4.78 is 6.31. The molecular formula is C16H14BrN3O. The first-order chi connectivity index (χ1) is 10.2. The minimum absolute atomic E-state index is 0.239. The van der Waals surface area contributed by atoms with Gasteiger partial charge in [0.2, 0.25) is 5.88 Å². The maximum Gasteiger partial charge on any atom is 0.233 e. The van der Waals surface area contributed by atoms with E-state index >= 15 is 0 Å². The predicted octanol–water partition coefficient (Wildman–Crippen LogP) is 3.82. The fraction of sp³-hybridized carbons (Fsp3) is 0.250. The Balaban J connectivity index is 1.87. The zero-order valence-electron chi connectivity index (χ0n) is 11.6. The highest BCUT2D eigenvalue weighted by Gasteiger charge is 2.24. The number of hydrogen-bond donors (Lipinski definition) is 1. The molecule has 4 nitrogen and oxygen atoms in total. The van der Waals surface area contributed by atoms with Crippen molar-refractivity contribution in [1.82, 2.24) is 4.98 Å². The molecule has 0 spiro atoms. The van der Waals surface area contributed by atoms with E-state index < -0.39 is 0 Å². The van der Waals surface area contributed by atoms with E-state index in [2.05, 4.69) is 50.5 Å². The Labute approximate surface area is 131 Å². The summed E-state index contributed by atoms with van der Waals surface area (Å²) in [5.41, 5.74) is 3.10. The second-order valence-corrected chi connectivity index (χ2v) is 5.76. The van der Waals surface area contributed by atoms with Crippen LogP contribution in [0.2, 0.25) is 0 Å². The Morgan fingerprint density at radius 3 is 3.00 bits per heavy atom. The van der Waals surface area contributed by atoms with Gasteiger partial charge >= 0.3 is 0 Å². The Hall–Kier alpha value is -2.06. The number of aromatic nitrogens is 1. The molecule has 3 rings (SSSR count). The van der Waals surface area contributed by atoms with Crippen LogP contribution in [0, 0.1) is 11.3 Å². The summed E-state index contributed by atoms with van der Waals surface area (Å²) in [6.45, 7) is 0. The van der Waals surface area contributed by atoms with Gasteiger partial charge in [-0.25, -0.2) is 0 Å². The van der Waals surface area contributed by atoms with Crippen LogP contribution in [0.15, 0.2) is 34.8 Å². The van der Waals surface area contributed by atoms with Crippen LogP contribution in [0.5, 0.6) is 5.88 Å². The molecule has 5 heteroatoms. The van der Waals surface area contributed by atoms with Gasteiger partial charge in [0.15, 0.2) is 0 Å². The number of pyridine rings is 1. The number of anilines is 1. The Morgan fingerprint density at radius 1 is 1.38 bits per heavy atom. The van der Waals surface area contributed by atoms with E-state index in [4.69, 9.17) is 10.00 Å². The molecule has 1 aliphatic rings. The lowest BCUT2D eigenvalue weighted by molar-refractivity contribution is 0.397. The Bertz CT molecular complexity index is 724. The molecule has 0 radical (unpaired) electrons. The van der Waals surface area contributed by atoms with Gasteiger partial charge in [-0.2, -0.15) is 10.2 Å². The topological polar surface area (TPSA) is 57.9 Å². The molecule has 1 atom stereocenters. The number of halogens is 1. The van der Waals surface area contributed by atoms with Crippen molar-refractivity contribution in [2.75, 3.05) is 12.4 Å². The zero-order valence-corrected chi connectivity index (χ0v) is 13.1. The van der Waals surface area contributed by atoms with Crippen molar-refractivity contribution in [3.8, 4) is 11.9 Å². The van der Waals surface area contributed by atoms with Gasteiger partial charge in [-0.05, 0) is 42.2 Å². The fourth-order valence-electron chi connectivity index (χ4n) is 2.70. The third-order valence-corrected chi connectivity index (χ3v) is 4.45. The molecule has 0 fully saturated rings. The summed E-state index contributed by atoms with van der Waals surface area (Å²) >= 11 is 3.60. The molecule has 1 aromatic carbocycles. The first-order valence-corrected chi connectivity index (χ1v) is 7.51. The zero-order chi connectivity index (χ0) is 14.8. The number of nitrogens with zero attached hydrogens (tertiary/aromatic N) is 2. The fourth-order valence-corrected chi connectivity index (χ4v) is 3.28. The van der Waals surface area contributed by atoms with Crippen molar-refractivity contribution < 1.29 is 4.74 Å². The quantitative estimate of drug-likeness (QED) is 0.920. The maximum absolute atomic E-state index is 8.99. The number of nitrogens with one attached hydrogen (secondary N) is 1. The van der Waals surface area contributed by atoms with Gasteiger partial charge in [-0.15, -0.1) is 0 Å². The SMILES string of the molecule is COc1nc(N[C@H]2CCc3c(Br)cccc32)ccc1C#N. The molecule has 106 valence electrons. The van der Waals surface area contributed by atoms with Crippen molar-refractivity contribution >= 4 is 21.7 Å². The van der Waals surface area contributed by atoms with E-state index in [0.29, 0.717) is 11.4 Å². The van der Waals surface area contributed by atoms with Gasteiger partial charge in [0.05, 0.1) is 13.2 Å². The number of hydrogen-bond acceptors (Lipinski definition) is 4. The molecule has 1 heterocycles. The second-order valence-electron chi connectivity index (χ2n) is 4.91. The van der Waals surface area contributed by atoms with E-state index in [1.807, 2.05) is 6.07 Å². The van der Waals surface area contributed by atoms with E-state index in [1.54, 1.807) is 6.07 Å². The van der Waals surface area contributed by atoms with Gasteiger partial charge in [-0.1, -0.05) is 28.1 Å². The molecule has 1 aromatic heterocycles. The van der Waals surface area contributed by atoms with E-state index in [-0.39, 0.29) is 6.04 Å². The van der Waals surface area contributed by atoms with Crippen LogP contribution in [0.4, 0.5) is 5.82 Å². The number of methoxy groups -OCH3 is 1. The van der Waals surface area contributed by atoms with Gasteiger partial charge in [0.25, 0.3) is 0 Å². The van der Waals surface area contributed by atoms with Gasteiger partial charge in [-0.3, -0.25) is 0 Å². The summed E-state index contributed by atoms with van der Waals surface area (Å²) in [6.07, 6.45) is 2.07. The van der Waals surface area contributed by atoms with Gasteiger partial charge < -0.3 is 10.1 Å². The monoisotopic (exact) mass is 343 g/mol. The number of benzene rings is 1. The highest BCUT2D eigenvalue weighted by molar-refractivity contribution is 9.10. The van der Waals surface area contributed by atoms with Crippen LogP contribution in [-0.2, 0) is 6.42 Å². The van der Waals surface area contributed by atoms with Crippen molar-refractivity contribution in [2.24, 2.45) is 0 Å². The van der Waals surface area contributed by atoms with Crippen LogP contribution in [0.3, 0.4) is 0 Å². The van der Waals surface area contributed by atoms with E-state index in [0.717, 1.165) is 23.1 Å². The van der Waals surface area contributed by atoms with Gasteiger partial charge in [0.1, 0.15) is 17.5 Å². The Kier molecular flexibility index (Phi) is 3.80. The minimum Gasteiger partial charge on any atom is -0.480 e. The molecule has 0 bridgehead atoms. The number of ether oxygens (including phenoxy) is 1. The van der Waals surface area contributed by atoms with Gasteiger partial charge in [0, 0.05) is 4.47 Å². The average Bonchev–Trinajstić information content (AvgIpc) is 2.92. The standard InChI is InChI=1S/C16H14BrN3O/c1-21-16-10(9-18)5-8-15(20-16)19-14-7-6-11-12(14)3-2-4-13(11)17/h2-5,8,14H,6-7H2,1H3,(H,19,20)/t14-/m0/s1. The summed E-state index contributed by atoms with van der Waals surface area (Å²) in [5, 5.41) is 12.4. The largest absolute Gasteiger partial charge is 0.480 e. The van der Waals surface area contributed by atoms with Crippen molar-refractivity contribution in [2.45, 2.75) is 18.9 Å². The third kappa shape index (κ3) is 2.59. The summed E-state index contributed by atoms with van der Waals surface area (Å²) in [7, 11) is 1.52. The van der Waals surface area contributed by atoms with Crippen molar-refractivity contribution in [1.29, 1.82) is 5.26 Å². The van der Waals surface area contributed by atoms with Crippen LogP contribution in [-0.4, -0.2) is 12.1 Å². The third-order valence-electron chi connectivity index (χ3n) is 3.71. The number of nitriles is 1. The molecule has 0 unspecified atom stereocenters. The lowest BCUT2D eigenvalue weighted by Crippen LogP contribution is -2.09. The normalized spacial score (nSPS) is 16.1. The first-order valence-electron chi connectivity index (χ1n) is 6.72. The van der Waals surface area contributed by atoms with E-state index in [1.165, 1.54) is 18.2 Å². The Morgan fingerprint density at radius 2 is 2.24 bits per heavy atom. The smallest absolute Gasteiger partial charge is 0.233 e. The molecule has 1 aliphatic carbocycles. The molecule has 0 saturated heterocycles. The van der Waals surface area contributed by atoms with Crippen LogP contribution in [0.25, 0.3) is 0 Å². The molecule has 0 saturated carbocycles. The van der Waals surface area contributed by atoms with Crippen LogP contribution >= 0.6 is 15.9 Å². The summed E-state index contributed by atoms with van der Waals surface area (Å²) in [6, 6.07) is 12.1. The number of fused-ring (bicyclic) bond motifs is 1. The lowest BCUT2D eigenvalue weighted by atomic mass is 10.1. The number of rotatable bonds is 3. The summed E-state index contributed by atoms with van der Waals surface area (Å²) in [4.78, 5) is 4.35. The molecule has 2 aromatic rings. The lowest BCUT2D eigenvalue weighted by Gasteiger charge is -2.15. The second kappa shape index (κ2) is 5.74. The average molecular weight is 344 g/mol. The highest BCUT2D eigenvalue weighted by atomic mass is 79.9. The molecule has 0 aliphatic heterocycles. The van der Waals surface area contributed by atoms with Crippen molar-refractivity contribution in [3.05, 3.63) is 51.5 Å². The molecule has 1 N–H and O–H groups in total. The predicted molar refractivity (Wildman–Crippen MR) is 84.3 cm³/mol. The molecule has 0 amide bonds. The first kappa shape index (κ1) is 13.9. The van der Waals surface area contributed by atoms with E-state index in [9.17, 15) is 0 Å². The minimum atomic E-state index is 0.239. The molecular weight excluding hydrogens is 330 g/mol.